The zero-order chi connectivity index (χ0) is 30.4. The summed E-state index contributed by atoms with van der Waals surface area (Å²) in [6, 6.07) is 38.0. The fraction of sp³-hybridized carbons (Fsp3) is 0.0750. The largest absolute Gasteiger partial charge is 0.309 e. The molecule has 1 aliphatic rings. The lowest BCUT2D eigenvalue weighted by Gasteiger charge is -2.21. The van der Waals surface area contributed by atoms with Crippen molar-refractivity contribution in [2.24, 2.45) is 0 Å². The van der Waals surface area contributed by atoms with Crippen LogP contribution < -0.4 is 11.1 Å². The molecule has 0 spiro atoms. The first-order chi connectivity index (χ1) is 21.9. The Hall–Kier alpha value is -5.81. The van der Waals surface area contributed by atoms with Crippen molar-refractivity contribution in [3.8, 4) is 22.5 Å². The zero-order valence-electron chi connectivity index (χ0n) is 24.8. The van der Waals surface area contributed by atoms with Gasteiger partial charge in [-0.25, -0.2) is 4.57 Å². The molecule has 1 aliphatic carbocycles. The molecular weight excluding hydrogens is 554 g/mol. The van der Waals surface area contributed by atoms with E-state index in [9.17, 15) is 9.59 Å². The lowest BCUT2D eigenvalue weighted by molar-refractivity contribution is 0.661. The maximum absolute atomic E-state index is 14.7. The van der Waals surface area contributed by atoms with Crippen molar-refractivity contribution in [2.45, 2.75) is 19.3 Å². The maximum atomic E-state index is 14.7. The topological polar surface area (TPSA) is 56.9 Å². The number of para-hydroxylation sites is 2. The van der Waals surface area contributed by atoms with Crippen LogP contribution in [0.5, 0.6) is 0 Å². The van der Waals surface area contributed by atoms with Gasteiger partial charge in [-0.1, -0.05) is 74.5 Å². The number of rotatable bonds is 2. The highest BCUT2D eigenvalue weighted by atomic mass is 16.2. The molecule has 0 fully saturated rings. The summed E-state index contributed by atoms with van der Waals surface area (Å²) in [5.41, 5.74) is 7.02. The molecule has 3 heterocycles. The third kappa shape index (κ3) is 3.46. The highest BCUT2D eigenvalue weighted by molar-refractivity contribution is 6.18. The summed E-state index contributed by atoms with van der Waals surface area (Å²) < 4.78 is 3.51. The predicted octanol–water partition coefficient (Wildman–Crippen LogP) is 8.30. The molecule has 5 nitrogen and oxygen atoms in total. The van der Waals surface area contributed by atoms with E-state index >= 15 is 0 Å². The van der Waals surface area contributed by atoms with Crippen LogP contribution >= 0.6 is 0 Å². The Morgan fingerprint density at radius 2 is 1.13 bits per heavy atom. The lowest BCUT2D eigenvalue weighted by atomic mass is 9.82. The second-order valence-electron chi connectivity index (χ2n) is 12.4. The summed E-state index contributed by atoms with van der Waals surface area (Å²) in [5, 5.41) is 4.48. The number of pyridine rings is 1. The number of hydrogen-bond donors (Lipinski definition) is 0. The normalized spacial score (nSPS) is 13.5. The number of aromatic nitrogens is 3. The van der Waals surface area contributed by atoms with Crippen molar-refractivity contribution in [3.05, 3.63) is 159 Å². The van der Waals surface area contributed by atoms with Crippen LogP contribution in [-0.4, -0.2) is 14.1 Å². The molecule has 0 N–H and O–H groups in total. The molecule has 0 saturated heterocycles. The first-order valence-corrected chi connectivity index (χ1v) is 15.1. The molecule has 9 rings (SSSR count). The van der Waals surface area contributed by atoms with E-state index in [0.717, 1.165) is 55.0 Å². The predicted molar refractivity (Wildman–Crippen MR) is 183 cm³/mol. The van der Waals surface area contributed by atoms with Gasteiger partial charge in [0.1, 0.15) is 0 Å². The smallest absolute Gasteiger partial charge is 0.266 e. The molecule has 8 aromatic rings. The minimum atomic E-state index is -0.345. The van der Waals surface area contributed by atoms with Gasteiger partial charge in [0.25, 0.3) is 11.1 Å². The molecular formula is C40H27N3O2. The summed E-state index contributed by atoms with van der Waals surface area (Å²) in [7, 11) is 0. The monoisotopic (exact) mass is 581 g/mol. The van der Waals surface area contributed by atoms with Crippen LogP contribution in [-0.2, 0) is 5.41 Å². The van der Waals surface area contributed by atoms with Gasteiger partial charge >= 0.3 is 0 Å². The highest BCUT2D eigenvalue weighted by Crippen LogP contribution is 2.50. The third-order valence-electron chi connectivity index (χ3n) is 9.61. The Balaban J connectivity index is 1.53. The Morgan fingerprint density at radius 1 is 0.511 bits per heavy atom. The van der Waals surface area contributed by atoms with Gasteiger partial charge in [0, 0.05) is 39.7 Å². The standard InChI is InChI=1S/C40H27N3O2/c1-40(2)34-16-10-9-15-26(34)29-20-31-28(21-35(29)40)27-19-30-33-23-41-18-17-36(33)42(24-11-5-3-6-12-24)37(30)22-32(27)39(45)43(38(31)44)25-13-7-4-8-14-25/h3-23H,1-2H3. The second kappa shape index (κ2) is 9.10. The zero-order valence-corrected chi connectivity index (χ0v) is 24.8. The number of fused-ring (bicyclic) bond motifs is 9. The van der Waals surface area contributed by atoms with Gasteiger partial charge in [0.05, 0.1) is 22.1 Å². The van der Waals surface area contributed by atoms with Crippen LogP contribution in [0.2, 0.25) is 0 Å². The maximum Gasteiger partial charge on any atom is 0.266 e. The Morgan fingerprint density at radius 3 is 1.87 bits per heavy atom. The molecule has 0 amide bonds. The quantitative estimate of drug-likeness (QED) is 0.206. The Kier molecular flexibility index (Phi) is 5.19. The van der Waals surface area contributed by atoms with Crippen LogP contribution in [0.4, 0.5) is 0 Å². The minimum absolute atomic E-state index is 0.267. The average molecular weight is 582 g/mol. The molecule has 0 radical (unpaired) electrons. The van der Waals surface area contributed by atoms with Gasteiger partial charge in [0.15, 0.2) is 0 Å². The number of nitrogens with zero attached hydrogens (tertiary/aromatic N) is 3. The van der Waals surface area contributed by atoms with E-state index in [1.165, 1.54) is 10.1 Å². The van der Waals surface area contributed by atoms with E-state index in [1.807, 2.05) is 79.0 Å². The van der Waals surface area contributed by atoms with Crippen molar-refractivity contribution in [1.29, 1.82) is 0 Å². The second-order valence-corrected chi connectivity index (χ2v) is 12.4. The molecule has 5 aromatic carbocycles. The fourth-order valence-electron chi connectivity index (χ4n) is 7.46. The average Bonchev–Trinajstić information content (AvgIpc) is 3.49. The SMILES string of the molecule is CC1(C)c2ccccc2-c2cc3c(=O)n(-c4ccccc4)c(=O)c4cc5c(cc4c3cc21)c1cnccc1n5-c1ccccc1. The summed E-state index contributed by atoms with van der Waals surface area (Å²) >= 11 is 0. The van der Waals surface area contributed by atoms with Gasteiger partial charge in [0.2, 0.25) is 0 Å². The minimum Gasteiger partial charge on any atom is -0.309 e. The van der Waals surface area contributed by atoms with Crippen molar-refractivity contribution >= 4 is 43.4 Å². The van der Waals surface area contributed by atoms with E-state index in [2.05, 4.69) is 65.9 Å². The summed E-state index contributed by atoms with van der Waals surface area (Å²) in [5.74, 6) is 0. The highest BCUT2D eigenvalue weighted by Gasteiger charge is 2.36. The van der Waals surface area contributed by atoms with E-state index in [1.54, 1.807) is 6.20 Å². The molecule has 0 saturated carbocycles. The summed E-state index contributed by atoms with van der Waals surface area (Å²) in [6.45, 7) is 4.46. The fourth-order valence-corrected chi connectivity index (χ4v) is 7.46. The first kappa shape index (κ1) is 25.7. The van der Waals surface area contributed by atoms with Crippen molar-refractivity contribution in [3.63, 3.8) is 0 Å². The molecule has 0 atom stereocenters. The van der Waals surface area contributed by atoms with E-state index in [4.69, 9.17) is 0 Å². The van der Waals surface area contributed by atoms with Gasteiger partial charge in [-0.2, -0.15) is 0 Å². The Labute approximate surface area is 258 Å². The number of hydrogen-bond acceptors (Lipinski definition) is 3. The molecule has 0 unspecified atom stereocenters. The van der Waals surface area contributed by atoms with Crippen molar-refractivity contribution in [1.82, 2.24) is 14.1 Å². The molecule has 3 aromatic heterocycles. The summed E-state index contributed by atoms with van der Waals surface area (Å²) in [6.07, 6.45) is 3.68. The van der Waals surface area contributed by atoms with Gasteiger partial charge in [-0.3, -0.25) is 14.6 Å². The van der Waals surface area contributed by atoms with Crippen LogP contribution in [0.15, 0.2) is 137 Å². The molecule has 45 heavy (non-hydrogen) atoms. The molecule has 0 bridgehead atoms. The van der Waals surface area contributed by atoms with E-state index in [0.29, 0.717) is 16.5 Å². The van der Waals surface area contributed by atoms with Crippen LogP contribution in [0.25, 0.3) is 65.9 Å². The van der Waals surface area contributed by atoms with Gasteiger partial charge < -0.3 is 4.57 Å². The van der Waals surface area contributed by atoms with Crippen molar-refractivity contribution in [2.75, 3.05) is 0 Å². The lowest BCUT2D eigenvalue weighted by Crippen LogP contribution is -2.28. The summed E-state index contributed by atoms with van der Waals surface area (Å²) in [4.78, 5) is 33.8. The van der Waals surface area contributed by atoms with E-state index in [-0.39, 0.29) is 16.5 Å². The van der Waals surface area contributed by atoms with Crippen LogP contribution in [0.3, 0.4) is 0 Å². The van der Waals surface area contributed by atoms with Gasteiger partial charge in [-0.15, -0.1) is 0 Å². The van der Waals surface area contributed by atoms with Crippen LogP contribution in [0, 0.1) is 0 Å². The molecule has 5 heteroatoms. The third-order valence-corrected chi connectivity index (χ3v) is 9.61. The van der Waals surface area contributed by atoms with Crippen LogP contribution in [0.1, 0.15) is 25.0 Å². The van der Waals surface area contributed by atoms with E-state index < -0.39 is 0 Å². The van der Waals surface area contributed by atoms with Gasteiger partial charge in [-0.05, 0) is 87.6 Å². The molecule has 214 valence electrons. The first-order valence-electron chi connectivity index (χ1n) is 15.1. The number of benzene rings is 5. The van der Waals surface area contributed by atoms with Crippen molar-refractivity contribution < 1.29 is 0 Å². The molecule has 0 aliphatic heterocycles. The Bertz CT molecular complexity index is 2650.